The summed E-state index contributed by atoms with van der Waals surface area (Å²) in [7, 11) is 1.74. The van der Waals surface area contributed by atoms with Crippen LogP contribution in [0, 0.1) is 6.92 Å². The molecule has 5 aromatic rings. The molecule has 0 amide bonds. The van der Waals surface area contributed by atoms with Crippen molar-refractivity contribution >= 4 is 44.3 Å². The molecule has 4 heterocycles. The molecule has 11 heteroatoms. The van der Waals surface area contributed by atoms with Crippen molar-refractivity contribution in [3.63, 3.8) is 0 Å². The molecule has 3 aromatic heterocycles. The lowest BCUT2D eigenvalue weighted by Crippen LogP contribution is -2.45. The van der Waals surface area contributed by atoms with Gasteiger partial charge in [-0.2, -0.15) is 0 Å². The van der Waals surface area contributed by atoms with Crippen molar-refractivity contribution < 1.29 is 0 Å². The Morgan fingerprint density at radius 1 is 0.745 bits per heavy atom. The van der Waals surface area contributed by atoms with E-state index in [-0.39, 0.29) is 23.0 Å². The summed E-state index contributed by atoms with van der Waals surface area (Å²) in [4.78, 5) is 42.7. The molecule has 7 rings (SSSR count). The van der Waals surface area contributed by atoms with Crippen molar-refractivity contribution in [3.05, 3.63) is 67.2 Å². The average molecular weight is 639 g/mol. The quantitative estimate of drug-likeness (QED) is 0.262. The summed E-state index contributed by atoms with van der Waals surface area (Å²) in [5.74, 6) is 1.55. The van der Waals surface area contributed by atoms with Crippen molar-refractivity contribution in [1.29, 1.82) is 0 Å². The fourth-order valence-corrected chi connectivity index (χ4v) is 7.95. The number of imidazole rings is 1. The molecule has 0 spiro atoms. The Bertz CT molecular complexity index is 2140. The molecule has 2 aromatic carbocycles. The lowest BCUT2D eigenvalue weighted by molar-refractivity contribution is 0.370. The molecule has 0 atom stereocenters. The molecule has 1 aliphatic heterocycles. The number of hydrogen-bond acceptors (Lipinski definition) is 7. The average Bonchev–Trinajstić information content (AvgIpc) is 3.33. The van der Waals surface area contributed by atoms with Crippen LogP contribution in [0.15, 0.2) is 44.7 Å². The number of nitrogens with zero attached hydrogens (tertiary/aromatic N) is 7. The van der Waals surface area contributed by atoms with E-state index < -0.39 is 0 Å². The smallest absolute Gasteiger partial charge is 0.331 e. The molecule has 0 radical (unpaired) electrons. The van der Waals surface area contributed by atoms with Crippen molar-refractivity contribution in [2.75, 3.05) is 23.3 Å². The summed E-state index contributed by atoms with van der Waals surface area (Å²) in [6, 6.07) is 10.0. The van der Waals surface area contributed by atoms with Crippen molar-refractivity contribution in [2.24, 2.45) is 7.05 Å². The number of nitrogens with one attached hydrogen (secondary N) is 1. The Labute approximate surface area is 273 Å². The summed E-state index contributed by atoms with van der Waals surface area (Å²) >= 11 is 0. The van der Waals surface area contributed by atoms with Crippen LogP contribution in [-0.2, 0) is 20.1 Å². The Morgan fingerprint density at radius 3 is 2.04 bits per heavy atom. The zero-order valence-corrected chi connectivity index (χ0v) is 28.1. The fraction of sp³-hybridized carbons (Fsp3) is 0.528. The van der Waals surface area contributed by atoms with Crippen LogP contribution in [0.3, 0.4) is 0 Å². The third kappa shape index (κ3) is 5.43. The van der Waals surface area contributed by atoms with E-state index in [1.54, 1.807) is 11.6 Å². The van der Waals surface area contributed by atoms with E-state index in [2.05, 4.69) is 22.3 Å². The SMILES string of the molecule is CCn1c(=O)n(CC)c2cc3c(N4CCC(n5c(=O)c6cc(C)ccc6n(C)c5=O)CC4)nnc(NC4CCCCCCC4)c3cc21. The largest absolute Gasteiger partial charge is 0.365 e. The second-order valence-electron chi connectivity index (χ2n) is 13.5. The predicted octanol–water partition coefficient (Wildman–Crippen LogP) is 5.47. The maximum atomic E-state index is 13.6. The van der Waals surface area contributed by atoms with Gasteiger partial charge >= 0.3 is 11.4 Å². The lowest BCUT2D eigenvalue weighted by Gasteiger charge is -2.34. The molecule has 47 heavy (non-hydrogen) atoms. The molecule has 1 aliphatic carbocycles. The highest BCUT2D eigenvalue weighted by Gasteiger charge is 2.28. The first kappa shape index (κ1) is 31.2. The van der Waals surface area contributed by atoms with Gasteiger partial charge in [0.2, 0.25) is 0 Å². The van der Waals surface area contributed by atoms with Crippen LogP contribution in [0.2, 0.25) is 0 Å². The van der Waals surface area contributed by atoms with Crippen LogP contribution in [0.5, 0.6) is 0 Å². The predicted molar refractivity (Wildman–Crippen MR) is 189 cm³/mol. The second kappa shape index (κ2) is 12.7. The Hall–Kier alpha value is -4.41. The van der Waals surface area contributed by atoms with Gasteiger partial charge in [-0.15, -0.1) is 10.2 Å². The number of anilines is 2. The van der Waals surface area contributed by atoms with Gasteiger partial charge in [0.15, 0.2) is 11.6 Å². The molecule has 2 fully saturated rings. The molecule has 0 bridgehead atoms. The Balaban J connectivity index is 1.27. The first-order chi connectivity index (χ1) is 22.8. The van der Waals surface area contributed by atoms with Crippen molar-refractivity contribution in [3.8, 4) is 0 Å². The Kier molecular flexibility index (Phi) is 8.40. The minimum Gasteiger partial charge on any atom is -0.365 e. The number of fused-ring (bicyclic) bond motifs is 3. The highest BCUT2D eigenvalue weighted by atomic mass is 16.2. The molecule has 2 aliphatic rings. The van der Waals surface area contributed by atoms with E-state index in [9.17, 15) is 14.4 Å². The van der Waals surface area contributed by atoms with Gasteiger partial charge in [0.25, 0.3) is 5.56 Å². The number of piperidine rings is 1. The summed E-state index contributed by atoms with van der Waals surface area (Å²) in [6.07, 6.45) is 9.74. The second-order valence-corrected chi connectivity index (χ2v) is 13.5. The van der Waals surface area contributed by atoms with E-state index >= 15 is 0 Å². The standard InChI is InChI=1S/C36H46N8O3/c1-5-42-30-21-26-27(22-31(30)43(6-2)36(42)47)33(39-38-32(26)37-24-12-10-8-7-9-11-13-24)41-18-16-25(17-19-41)44-34(45)28-20-23(3)14-15-29(28)40(4)35(44)46/h14-15,20-22,24-25H,5-13,16-19H2,1-4H3,(H,37,38). The highest BCUT2D eigenvalue weighted by Crippen LogP contribution is 2.35. The first-order valence-corrected chi connectivity index (χ1v) is 17.5. The third-order valence-electron chi connectivity index (χ3n) is 10.6. The van der Waals surface area contributed by atoms with E-state index in [0.717, 1.165) is 51.8 Å². The molecule has 1 saturated heterocycles. The minimum absolute atomic E-state index is 0.00397. The highest BCUT2D eigenvalue weighted by molar-refractivity contribution is 6.05. The molecular weight excluding hydrogens is 592 g/mol. The van der Waals surface area contributed by atoms with Gasteiger partial charge in [-0.05, 0) is 70.7 Å². The normalized spacial score (nSPS) is 17.1. The van der Waals surface area contributed by atoms with E-state index in [1.807, 2.05) is 48.1 Å². The van der Waals surface area contributed by atoms with E-state index in [4.69, 9.17) is 10.2 Å². The van der Waals surface area contributed by atoms with Crippen LogP contribution in [-0.4, -0.2) is 47.6 Å². The summed E-state index contributed by atoms with van der Waals surface area (Å²) in [5.41, 5.74) is 2.95. The molecule has 0 unspecified atom stereocenters. The van der Waals surface area contributed by atoms with Gasteiger partial charge in [-0.3, -0.25) is 23.1 Å². The van der Waals surface area contributed by atoms with Crippen molar-refractivity contribution in [2.45, 2.75) is 104 Å². The lowest BCUT2D eigenvalue weighted by atomic mass is 9.96. The van der Waals surface area contributed by atoms with Gasteiger partial charge in [-0.1, -0.05) is 43.7 Å². The summed E-state index contributed by atoms with van der Waals surface area (Å²) in [5, 5.41) is 15.9. The van der Waals surface area contributed by atoms with Gasteiger partial charge in [0.1, 0.15) is 0 Å². The minimum atomic E-state index is -0.278. The van der Waals surface area contributed by atoms with E-state index in [0.29, 0.717) is 56.0 Å². The molecule has 248 valence electrons. The Morgan fingerprint density at radius 2 is 1.38 bits per heavy atom. The van der Waals surface area contributed by atoms with Gasteiger partial charge < -0.3 is 10.2 Å². The number of rotatable bonds is 6. The number of hydrogen-bond donors (Lipinski definition) is 1. The molecule has 1 N–H and O–H groups in total. The molecule has 1 saturated carbocycles. The van der Waals surface area contributed by atoms with E-state index in [1.165, 1.54) is 36.7 Å². The van der Waals surface area contributed by atoms with Crippen LogP contribution in [0.25, 0.3) is 32.7 Å². The fourth-order valence-electron chi connectivity index (χ4n) is 7.95. The van der Waals surface area contributed by atoms with Gasteiger partial charge in [-0.25, -0.2) is 9.59 Å². The molecule has 11 nitrogen and oxygen atoms in total. The molecular formula is C36H46N8O3. The number of aromatic nitrogens is 6. The van der Waals surface area contributed by atoms with Crippen LogP contribution in [0.4, 0.5) is 11.6 Å². The first-order valence-electron chi connectivity index (χ1n) is 17.5. The number of aryl methyl sites for hydroxylation is 4. The third-order valence-corrected chi connectivity index (χ3v) is 10.6. The van der Waals surface area contributed by atoms with Crippen LogP contribution < -0.4 is 27.2 Å². The maximum Gasteiger partial charge on any atom is 0.331 e. The van der Waals surface area contributed by atoms with Crippen LogP contribution >= 0.6 is 0 Å². The van der Waals surface area contributed by atoms with Crippen LogP contribution in [0.1, 0.15) is 83.2 Å². The topological polar surface area (TPSA) is 112 Å². The maximum absolute atomic E-state index is 13.6. The van der Waals surface area contributed by atoms with Crippen molar-refractivity contribution in [1.82, 2.24) is 28.5 Å². The summed E-state index contributed by atoms with van der Waals surface area (Å²) in [6.45, 7) is 8.39. The zero-order valence-electron chi connectivity index (χ0n) is 28.1. The van der Waals surface area contributed by atoms with Gasteiger partial charge in [0, 0.05) is 56.1 Å². The monoisotopic (exact) mass is 638 g/mol. The van der Waals surface area contributed by atoms with Gasteiger partial charge in [0.05, 0.1) is 21.9 Å². The zero-order chi connectivity index (χ0) is 32.8. The summed E-state index contributed by atoms with van der Waals surface area (Å²) < 4.78 is 6.72. The number of benzene rings is 2.